The van der Waals surface area contributed by atoms with Gasteiger partial charge in [-0.25, -0.2) is 8.42 Å². The van der Waals surface area contributed by atoms with Crippen molar-refractivity contribution in [3.8, 4) is 0 Å². The molecule has 150 valence electrons. The zero-order valence-electron chi connectivity index (χ0n) is 15.5. The maximum absolute atomic E-state index is 12.5. The fourth-order valence-electron chi connectivity index (χ4n) is 2.22. The van der Waals surface area contributed by atoms with Gasteiger partial charge in [-0.15, -0.1) is 12.4 Å². The number of rotatable bonds is 11. The zero-order valence-corrected chi connectivity index (χ0v) is 18.0. The molecule has 4 N–H and O–H groups in total. The Kier molecular flexibility index (Phi) is 11.5. The number of halogens is 1. The molecule has 0 spiro atoms. The van der Waals surface area contributed by atoms with Gasteiger partial charge in [0.15, 0.2) is 0 Å². The molecule has 0 aromatic heterocycles. The van der Waals surface area contributed by atoms with Crippen LogP contribution < -0.4 is 15.8 Å². The number of sulfonamides is 1. The summed E-state index contributed by atoms with van der Waals surface area (Å²) in [5.41, 5.74) is 5.73. The smallest absolute Gasteiger partial charge is 0.241 e. The van der Waals surface area contributed by atoms with Crippen molar-refractivity contribution < 1.29 is 13.2 Å². The van der Waals surface area contributed by atoms with Gasteiger partial charge in [0.1, 0.15) is 6.04 Å². The van der Waals surface area contributed by atoms with Gasteiger partial charge in [0.2, 0.25) is 15.9 Å². The van der Waals surface area contributed by atoms with E-state index in [9.17, 15) is 13.2 Å². The van der Waals surface area contributed by atoms with Gasteiger partial charge < -0.3 is 11.1 Å². The Hall–Kier alpha value is -0.800. The van der Waals surface area contributed by atoms with Gasteiger partial charge in [-0.2, -0.15) is 16.5 Å². The molecule has 9 heteroatoms. The molecule has 1 atom stereocenters. The first kappa shape index (κ1) is 25.2. The molecule has 0 radical (unpaired) electrons. The van der Waals surface area contributed by atoms with E-state index in [0.717, 1.165) is 12.8 Å². The van der Waals surface area contributed by atoms with Gasteiger partial charge in [-0.3, -0.25) is 4.79 Å². The van der Waals surface area contributed by atoms with Crippen LogP contribution in [0.3, 0.4) is 0 Å². The standard InChI is InChI=1S/C17H29N3O3S2.ClH/c1-4-17(18,5-2)13-19-16(21)15(11-12-24-3)20-25(22,23)14-9-7-6-8-10-14;/h6-10,15,20H,4-5,11-13,18H2,1-3H3,(H,19,21);1H. The summed E-state index contributed by atoms with van der Waals surface area (Å²) in [6.45, 7) is 4.26. The highest BCUT2D eigenvalue weighted by molar-refractivity contribution is 7.98. The largest absolute Gasteiger partial charge is 0.353 e. The molecule has 0 saturated heterocycles. The van der Waals surface area contributed by atoms with Gasteiger partial charge >= 0.3 is 0 Å². The minimum Gasteiger partial charge on any atom is -0.353 e. The Morgan fingerprint density at radius 2 is 1.81 bits per heavy atom. The summed E-state index contributed by atoms with van der Waals surface area (Å²) in [6.07, 6.45) is 3.79. The zero-order chi connectivity index (χ0) is 18.9. The molecular formula is C17H30ClN3O3S2. The van der Waals surface area contributed by atoms with Crippen molar-refractivity contribution in [3.63, 3.8) is 0 Å². The van der Waals surface area contributed by atoms with Crippen LogP contribution in [0.1, 0.15) is 33.1 Å². The fourth-order valence-corrected chi connectivity index (χ4v) is 3.94. The van der Waals surface area contributed by atoms with Crippen molar-refractivity contribution >= 4 is 40.1 Å². The van der Waals surface area contributed by atoms with E-state index in [1.54, 1.807) is 30.0 Å². The quantitative estimate of drug-likeness (QED) is 0.506. The third kappa shape index (κ3) is 7.84. The number of benzene rings is 1. The number of carbonyl (C=O) groups excluding carboxylic acids is 1. The summed E-state index contributed by atoms with van der Waals surface area (Å²) in [4.78, 5) is 12.7. The molecule has 1 rings (SSSR count). The van der Waals surface area contributed by atoms with Gasteiger partial charge in [-0.05, 0) is 43.4 Å². The Morgan fingerprint density at radius 1 is 1.23 bits per heavy atom. The van der Waals surface area contributed by atoms with Crippen LogP contribution in [0.15, 0.2) is 35.2 Å². The molecule has 0 aliphatic heterocycles. The van der Waals surface area contributed by atoms with Crippen LogP contribution >= 0.6 is 24.2 Å². The summed E-state index contributed by atoms with van der Waals surface area (Å²) in [6, 6.07) is 7.23. The van der Waals surface area contributed by atoms with E-state index in [1.165, 1.54) is 12.1 Å². The van der Waals surface area contributed by atoms with Crippen molar-refractivity contribution in [1.29, 1.82) is 0 Å². The second kappa shape index (κ2) is 11.8. The van der Waals surface area contributed by atoms with Crippen molar-refractivity contribution in [2.24, 2.45) is 5.73 Å². The highest BCUT2D eigenvalue weighted by Crippen LogP contribution is 2.12. The number of amides is 1. The molecule has 0 bridgehead atoms. The SMILES string of the molecule is CCC(N)(CC)CNC(=O)C(CCSC)NS(=O)(=O)c1ccccc1.Cl. The summed E-state index contributed by atoms with van der Waals surface area (Å²) >= 11 is 1.56. The average Bonchev–Trinajstić information content (AvgIpc) is 2.63. The lowest BCUT2D eigenvalue weighted by atomic mass is 9.94. The lowest BCUT2D eigenvalue weighted by molar-refractivity contribution is -0.123. The minimum atomic E-state index is -3.75. The molecule has 1 amide bonds. The van der Waals surface area contributed by atoms with Crippen LogP contribution in [0.25, 0.3) is 0 Å². The highest BCUT2D eigenvalue weighted by atomic mass is 35.5. The van der Waals surface area contributed by atoms with Gasteiger partial charge in [0.05, 0.1) is 4.90 Å². The Bertz CT molecular complexity index is 638. The lowest BCUT2D eigenvalue weighted by Crippen LogP contribution is -2.54. The van der Waals surface area contributed by atoms with E-state index in [4.69, 9.17) is 5.73 Å². The Balaban J connectivity index is 0.00000625. The molecule has 1 unspecified atom stereocenters. The van der Waals surface area contributed by atoms with E-state index in [2.05, 4.69) is 10.0 Å². The maximum Gasteiger partial charge on any atom is 0.241 e. The Labute approximate surface area is 167 Å². The fraction of sp³-hybridized carbons (Fsp3) is 0.588. The number of hydrogen-bond acceptors (Lipinski definition) is 5. The van der Waals surface area contributed by atoms with E-state index < -0.39 is 21.6 Å². The van der Waals surface area contributed by atoms with Crippen molar-refractivity contribution in [2.45, 2.75) is 49.6 Å². The Morgan fingerprint density at radius 3 is 2.31 bits per heavy atom. The molecular weight excluding hydrogens is 394 g/mol. The highest BCUT2D eigenvalue weighted by Gasteiger charge is 2.27. The monoisotopic (exact) mass is 423 g/mol. The summed E-state index contributed by atoms with van der Waals surface area (Å²) in [5, 5.41) is 2.81. The van der Waals surface area contributed by atoms with E-state index in [1.807, 2.05) is 20.1 Å². The van der Waals surface area contributed by atoms with Crippen LogP contribution in [0.2, 0.25) is 0 Å². The molecule has 6 nitrogen and oxygen atoms in total. The predicted molar refractivity (Wildman–Crippen MR) is 111 cm³/mol. The molecule has 0 aliphatic carbocycles. The van der Waals surface area contributed by atoms with Crippen LogP contribution in [0, 0.1) is 0 Å². The molecule has 0 saturated carbocycles. The number of nitrogens with one attached hydrogen (secondary N) is 2. The van der Waals surface area contributed by atoms with E-state index >= 15 is 0 Å². The van der Waals surface area contributed by atoms with Crippen molar-refractivity contribution in [3.05, 3.63) is 30.3 Å². The minimum absolute atomic E-state index is 0. The molecule has 26 heavy (non-hydrogen) atoms. The molecule has 1 aromatic carbocycles. The van der Waals surface area contributed by atoms with Crippen LogP contribution in [-0.4, -0.2) is 44.5 Å². The molecule has 0 aliphatic rings. The first-order valence-corrected chi connectivity index (χ1v) is 11.3. The maximum atomic E-state index is 12.5. The first-order valence-electron chi connectivity index (χ1n) is 8.41. The first-order chi connectivity index (χ1) is 11.8. The number of carbonyl (C=O) groups is 1. The second-order valence-electron chi connectivity index (χ2n) is 6.06. The van der Waals surface area contributed by atoms with Crippen LogP contribution in [-0.2, 0) is 14.8 Å². The van der Waals surface area contributed by atoms with E-state index in [-0.39, 0.29) is 23.2 Å². The molecule has 0 fully saturated rings. The molecule has 1 aromatic rings. The second-order valence-corrected chi connectivity index (χ2v) is 8.76. The van der Waals surface area contributed by atoms with Crippen molar-refractivity contribution in [2.75, 3.05) is 18.6 Å². The van der Waals surface area contributed by atoms with Gasteiger partial charge in [0, 0.05) is 12.1 Å². The lowest BCUT2D eigenvalue weighted by Gasteiger charge is -2.28. The number of hydrogen-bond donors (Lipinski definition) is 3. The normalized spacial score (nSPS) is 12.9. The topological polar surface area (TPSA) is 101 Å². The van der Waals surface area contributed by atoms with E-state index in [0.29, 0.717) is 18.7 Å². The summed E-state index contributed by atoms with van der Waals surface area (Å²) in [7, 11) is -3.75. The van der Waals surface area contributed by atoms with Crippen LogP contribution in [0.5, 0.6) is 0 Å². The van der Waals surface area contributed by atoms with Gasteiger partial charge in [-0.1, -0.05) is 32.0 Å². The number of nitrogens with two attached hydrogens (primary N) is 1. The van der Waals surface area contributed by atoms with Crippen molar-refractivity contribution in [1.82, 2.24) is 10.0 Å². The summed E-state index contributed by atoms with van der Waals surface area (Å²) in [5.74, 6) is 0.329. The average molecular weight is 424 g/mol. The third-order valence-corrected chi connectivity index (χ3v) is 6.43. The molecule has 0 heterocycles. The predicted octanol–water partition coefficient (Wildman–Crippen LogP) is 2.14. The van der Waals surface area contributed by atoms with Gasteiger partial charge in [0.25, 0.3) is 0 Å². The van der Waals surface area contributed by atoms with Crippen LogP contribution in [0.4, 0.5) is 0 Å². The summed E-state index contributed by atoms with van der Waals surface area (Å²) < 4.78 is 27.5. The third-order valence-electron chi connectivity index (χ3n) is 4.30. The number of thioether (sulfide) groups is 1.